The van der Waals surface area contributed by atoms with Crippen LogP contribution in [0.1, 0.15) is 61.4 Å². The van der Waals surface area contributed by atoms with Crippen molar-refractivity contribution in [1.29, 1.82) is 0 Å². The molecule has 0 saturated heterocycles. The standard InChI is InChI=1S/C15H21BrO/c1-2-3-4-5-6-7-9-13-10-8-11-14(12-13)15(16)17/h8,10-12H,2-7,9H2,1H3. The molecule has 1 aromatic rings. The first-order chi connectivity index (χ1) is 8.24. The lowest BCUT2D eigenvalue weighted by atomic mass is 10.0. The Balaban J connectivity index is 2.27. The third-order valence-corrected chi connectivity index (χ3v) is 3.43. The van der Waals surface area contributed by atoms with Crippen LogP contribution in [0, 0.1) is 0 Å². The molecule has 2 heteroatoms. The van der Waals surface area contributed by atoms with Crippen molar-refractivity contribution in [2.45, 2.75) is 51.9 Å². The Morgan fingerprint density at radius 1 is 1.12 bits per heavy atom. The number of unbranched alkanes of at least 4 members (excludes halogenated alkanes) is 5. The van der Waals surface area contributed by atoms with Gasteiger partial charge in [0, 0.05) is 5.56 Å². The van der Waals surface area contributed by atoms with E-state index < -0.39 is 0 Å². The normalized spacial score (nSPS) is 10.5. The number of aryl methyl sites for hydroxylation is 1. The Morgan fingerprint density at radius 2 is 1.82 bits per heavy atom. The molecule has 0 aliphatic heterocycles. The fraction of sp³-hybridized carbons (Fsp3) is 0.533. The lowest BCUT2D eigenvalue weighted by molar-refractivity contribution is 0.109. The summed E-state index contributed by atoms with van der Waals surface area (Å²) in [6.07, 6.45) is 8.96. The van der Waals surface area contributed by atoms with E-state index in [2.05, 4.69) is 28.9 Å². The van der Waals surface area contributed by atoms with Gasteiger partial charge in [-0.15, -0.1) is 0 Å². The second-order valence-corrected chi connectivity index (χ2v) is 5.21. The predicted octanol–water partition coefficient (Wildman–Crippen LogP) is 5.12. The molecule has 0 saturated carbocycles. The van der Waals surface area contributed by atoms with Crippen LogP contribution in [-0.4, -0.2) is 4.69 Å². The molecule has 0 aliphatic carbocycles. The van der Waals surface area contributed by atoms with Gasteiger partial charge in [0.25, 0.3) is 0 Å². The maximum Gasteiger partial charge on any atom is 0.228 e. The maximum absolute atomic E-state index is 11.2. The van der Waals surface area contributed by atoms with Gasteiger partial charge in [-0.25, -0.2) is 0 Å². The first kappa shape index (κ1) is 14.4. The summed E-state index contributed by atoms with van der Waals surface area (Å²) in [5, 5.41) is 0. The van der Waals surface area contributed by atoms with E-state index in [1.807, 2.05) is 18.2 Å². The Bertz CT molecular complexity index is 347. The van der Waals surface area contributed by atoms with E-state index in [9.17, 15) is 4.79 Å². The number of benzene rings is 1. The fourth-order valence-corrected chi connectivity index (χ4v) is 2.21. The van der Waals surface area contributed by atoms with E-state index in [1.54, 1.807) is 0 Å². The summed E-state index contributed by atoms with van der Waals surface area (Å²) in [5.74, 6) is 0. The third kappa shape index (κ3) is 6.02. The lowest BCUT2D eigenvalue weighted by Gasteiger charge is -2.03. The van der Waals surface area contributed by atoms with Gasteiger partial charge in [0.15, 0.2) is 0 Å². The van der Waals surface area contributed by atoms with E-state index >= 15 is 0 Å². The molecule has 0 heterocycles. The molecule has 0 aromatic heterocycles. The summed E-state index contributed by atoms with van der Waals surface area (Å²) in [7, 11) is 0. The molecule has 1 rings (SSSR count). The number of rotatable bonds is 8. The van der Waals surface area contributed by atoms with Crippen molar-refractivity contribution < 1.29 is 4.79 Å². The number of hydrogen-bond acceptors (Lipinski definition) is 1. The molecule has 0 radical (unpaired) electrons. The lowest BCUT2D eigenvalue weighted by Crippen LogP contribution is -1.92. The van der Waals surface area contributed by atoms with Crippen LogP contribution in [0.2, 0.25) is 0 Å². The molecule has 17 heavy (non-hydrogen) atoms. The van der Waals surface area contributed by atoms with Crippen LogP contribution in [-0.2, 0) is 6.42 Å². The van der Waals surface area contributed by atoms with Gasteiger partial charge in [-0.05, 0) is 40.4 Å². The summed E-state index contributed by atoms with van der Waals surface area (Å²) in [5.41, 5.74) is 2.03. The second kappa shape index (κ2) is 8.46. The van der Waals surface area contributed by atoms with Gasteiger partial charge in [-0.1, -0.05) is 57.2 Å². The molecule has 0 amide bonds. The summed E-state index contributed by atoms with van der Waals surface area (Å²) in [6, 6.07) is 7.90. The van der Waals surface area contributed by atoms with Crippen LogP contribution in [0.5, 0.6) is 0 Å². The quantitative estimate of drug-likeness (QED) is 0.480. The number of hydrogen-bond donors (Lipinski definition) is 0. The zero-order valence-electron chi connectivity index (χ0n) is 10.5. The Morgan fingerprint density at radius 3 is 2.53 bits per heavy atom. The molecule has 0 aliphatic rings. The summed E-state index contributed by atoms with van der Waals surface area (Å²) < 4.78 is -0.0257. The van der Waals surface area contributed by atoms with Gasteiger partial charge in [-0.2, -0.15) is 0 Å². The van der Waals surface area contributed by atoms with Gasteiger partial charge in [0.05, 0.1) is 0 Å². The van der Waals surface area contributed by atoms with Gasteiger partial charge >= 0.3 is 0 Å². The largest absolute Gasteiger partial charge is 0.281 e. The molecular formula is C15H21BrO. The summed E-state index contributed by atoms with van der Waals surface area (Å²) in [6.45, 7) is 2.24. The van der Waals surface area contributed by atoms with Crippen molar-refractivity contribution in [3.63, 3.8) is 0 Å². The minimum atomic E-state index is -0.0257. The first-order valence-corrected chi connectivity index (χ1v) is 7.32. The molecule has 0 bridgehead atoms. The van der Waals surface area contributed by atoms with Crippen LogP contribution in [0.25, 0.3) is 0 Å². The molecule has 1 nitrogen and oxygen atoms in total. The van der Waals surface area contributed by atoms with Gasteiger partial charge in [-0.3, -0.25) is 4.79 Å². The Hall–Kier alpha value is -0.630. The van der Waals surface area contributed by atoms with Crippen molar-refractivity contribution in [2.75, 3.05) is 0 Å². The number of carbonyl (C=O) groups is 1. The van der Waals surface area contributed by atoms with Crippen molar-refractivity contribution >= 4 is 20.6 Å². The van der Waals surface area contributed by atoms with Crippen LogP contribution < -0.4 is 0 Å². The summed E-state index contributed by atoms with van der Waals surface area (Å²) in [4.78, 5) is 11.2. The average Bonchev–Trinajstić information content (AvgIpc) is 2.34. The molecule has 0 atom stereocenters. The topological polar surface area (TPSA) is 17.1 Å². The van der Waals surface area contributed by atoms with E-state index in [0.29, 0.717) is 0 Å². The molecular weight excluding hydrogens is 276 g/mol. The Labute approximate surface area is 113 Å². The smallest absolute Gasteiger partial charge is 0.228 e. The molecule has 0 fully saturated rings. The minimum absolute atomic E-state index is 0.0257. The molecule has 1 aromatic carbocycles. The monoisotopic (exact) mass is 296 g/mol. The van der Waals surface area contributed by atoms with E-state index in [4.69, 9.17) is 0 Å². The molecule has 0 spiro atoms. The first-order valence-electron chi connectivity index (χ1n) is 6.53. The minimum Gasteiger partial charge on any atom is -0.281 e. The van der Waals surface area contributed by atoms with Crippen molar-refractivity contribution in [1.82, 2.24) is 0 Å². The third-order valence-electron chi connectivity index (χ3n) is 2.97. The Kier molecular flexibility index (Phi) is 7.18. The SMILES string of the molecule is CCCCCCCCc1cccc(C(=O)Br)c1. The van der Waals surface area contributed by atoms with Crippen LogP contribution in [0.15, 0.2) is 24.3 Å². The average molecular weight is 297 g/mol. The highest BCUT2D eigenvalue weighted by Gasteiger charge is 2.01. The van der Waals surface area contributed by atoms with Crippen LogP contribution >= 0.6 is 15.9 Å². The van der Waals surface area contributed by atoms with Gasteiger partial charge in [0.1, 0.15) is 0 Å². The highest BCUT2D eigenvalue weighted by Crippen LogP contribution is 2.13. The summed E-state index contributed by atoms with van der Waals surface area (Å²) >= 11 is 2.99. The van der Waals surface area contributed by atoms with Gasteiger partial charge in [0.2, 0.25) is 4.69 Å². The molecule has 0 N–H and O–H groups in total. The van der Waals surface area contributed by atoms with Crippen molar-refractivity contribution in [2.24, 2.45) is 0 Å². The van der Waals surface area contributed by atoms with E-state index in [0.717, 1.165) is 12.0 Å². The maximum atomic E-state index is 11.2. The predicted molar refractivity (Wildman–Crippen MR) is 76.8 cm³/mol. The number of halogens is 1. The molecule has 0 unspecified atom stereocenters. The van der Waals surface area contributed by atoms with E-state index in [1.165, 1.54) is 44.1 Å². The van der Waals surface area contributed by atoms with Crippen LogP contribution in [0.4, 0.5) is 0 Å². The zero-order chi connectivity index (χ0) is 12.5. The second-order valence-electron chi connectivity index (χ2n) is 4.49. The fourth-order valence-electron chi connectivity index (χ4n) is 1.96. The highest BCUT2D eigenvalue weighted by atomic mass is 79.9. The van der Waals surface area contributed by atoms with E-state index in [-0.39, 0.29) is 4.69 Å². The van der Waals surface area contributed by atoms with Crippen LogP contribution in [0.3, 0.4) is 0 Å². The van der Waals surface area contributed by atoms with Crippen molar-refractivity contribution in [3.05, 3.63) is 35.4 Å². The number of carbonyl (C=O) groups excluding carboxylic acids is 1. The zero-order valence-corrected chi connectivity index (χ0v) is 12.1. The van der Waals surface area contributed by atoms with Crippen molar-refractivity contribution in [3.8, 4) is 0 Å². The highest BCUT2D eigenvalue weighted by molar-refractivity contribution is 9.18. The molecule has 94 valence electrons. The van der Waals surface area contributed by atoms with Gasteiger partial charge < -0.3 is 0 Å².